The van der Waals surface area contributed by atoms with Crippen molar-refractivity contribution in [2.24, 2.45) is 5.92 Å². The van der Waals surface area contributed by atoms with Crippen LogP contribution in [0.4, 0.5) is 0 Å². The van der Waals surface area contributed by atoms with Gasteiger partial charge in [0.2, 0.25) is 11.8 Å². The van der Waals surface area contributed by atoms with Gasteiger partial charge >= 0.3 is 0 Å². The Labute approximate surface area is 167 Å². The average molecular weight is 379 g/mol. The van der Waals surface area contributed by atoms with Crippen molar-refractivity contribution < 1.29 is 9.59 Å². The summed E-state index contributed by atoms with van der Waals surface area (Å²) in [7, 11) is 0. The number of carbonyl (C=O) groups is 2. The molecular formula is C24H30N2O2. The molecule has 148 valence electrons. The van der Waals surface area contributed by atoms with Gasteiger partial charge in [-0.2, -0.15) is 0 Å². The van der Waals surface area contributed by atoms with Crippen LogP contribution in [0.15, 0.2) is 60.7 Å². The number of rotatable bonds is 7. The molecule has 0 bridgehead atoms. The molecule has 1 heterocycles. The van der Waals surface area contributed by atoms with Gasteiger partial charge in [-0.3, -0.25) is 9.59 Å². The zero-order chi connectivity index (χ0) is 19.9. The molecule has 3 rings (SSSR count). The molecule has 1 aliphatic rings. The second-order valence-corrected chi connectivity index (χ2v) is 7.91. The van der Waals surface area contributed by atoms with E-state index in [1.165, 1.54) is 5.56 Å². The molecule has 4 nitrogen and oxygen atoms in total. The predicted octanol–water partition coefficient (Wildman–Crippen LogP) is 4.12. The summed E-state index contributed by atoms with van der Waals surface area (Å²) < 4.78 is 0. The van der Waals surface area contributed by atoms with Crippen molar-refractivity contribution in [3.63, 3.8) is 0 Å². The maximum Gasteiger partial charge on any atom is 0.243 e. The van der Waals surface area contributed by atoms with Crippen LogP contribution in [0.25, 0.3) is 0 Å². The first-order valence-electron chi connectivity index (χ1n) is 10.2. The van der Waals surface area contributed by atoms with Crippen LogP contribution in [0.5, 0.6) is 0 Å². The van der Waals surface area contributed by atoms with Gasteiger partial charge in [0, 0.05) is 19.5 Å². The van der Waals surface area contributed by atoms with Crippen molar-refractivity contribution in [3.8, 4) is 0 Å². The molecule has 28 heavy (non-hydrogen) atoms. The number of nitrogens with one attached hydrogen (secondary N) is 1. The van der Waals surface area contributed by atoms with E-state index in [0.717, 1.165) is 18.4 Å². The van der Waals surface area contributed by atoms with Crippen molar-refractivity contribution in [2.45, 2.75) is 51.6 Å². The molecule has 1 N–H and O–H groups in total. The standard InChI is InChI=1S/C24H30N2O2/c1-18(2)21(20-12-7-4-8-13-20)16-23(27)26-15-9-14-22(26)24(28)25-17-19-10-5-3-6-11-19/h3-8,10-13,18,21-22H,9,14-17H2,1-2H3,(H,25,28)/t21?,22-/m0/s1. The van der Waals surface area contributed by atoms with Crippen molar-refractivity contribution in [1.29, 1.82) is 0 Å². The molecule has 4 heteroatoms. The Kier molecular flexibility index (Phi) is 6.85. The van der Waals surface area contributed by atoms with E-state index in [4.69, 9.17) is 0 Å². The van der Waals surface area contributed by atoms with Crippen LogP contribution in [0.3, 0.4) is 0 Å². The molecule has 2 atom stereocenters. The zero-order valence-electron chi connectivity index (χ0n) is 16.8. The van der Waals surface area contributed by atoms with E-state index in [1.807, 2.05) is 48.5 Å². The monoisotopic (exact) mass is 378 g/mol. The van der Waals surface area contributed by atoms with E-state index in [-0.39, 0.29) is 23.8 Å². The average Bonchev–Trinajstić information content (AvgIpc) is 3.21. The molecule has 0 spiro atoms. The topological polar surface area (TPSA) is 49.4 Å². The van der Waals surface area contributed by atoms with Gasteiger partial charge < -0.3 is 10.2 Å². The number of nitrogens with zero attached hydrogens (tertiary/aromatic N) is 1. The van der Waals surface area contributed by atoms with Gasteiger partial charge in [0.15, 0.2) is 0 Å². The molecule has 0 aliphatic carbocycles. The molecule has 2 aromatic carbocycles. The molecule has 2 amide bonds. The molecular weight excluding hydrogens is 348 g/mol. The van der Waals surface area contributed by atoms with Crippen LogP contribution >= 0.6 is 0 Å². The van der Waals surface area contributed by atoms with Gasteiger partial charge in [0.1, 0.15) is 6.04 Å². The third-order valence-electron chi connectivity index (χ3n) is 5.61. The van der Waals surface area contributed by atoms with Crippen LogP contribution in [0, 0.1) is 5.92 Å². The number of hydrogen-bond acceptors (Lipinski definition) is 2. The summed E-state index contributed by atoms with van der Waals surface area (Å²) in [5, 5.41) is 3.00. The Morgan fingerprint density at radius 1 is 1.04 bits per heavy atom. The number of amides is 2. The van der Waals surface area contributed by atoms with Gasteiger partial charge in [-0.15, -0.1) is 0 Å². The second kappa shape index (κ2) is 9.54. The summed E-state index contributed by atoms with van der Waals surface area (Å²) in [5.74, 6) is 0.567. The van der Waals surface area contributed by atoms with Gasteiger partial charge in [0.25, 0.3) is 0 Å². The van der Waals surface area contributed by atoms with Gasteiger partial charge in [-0.1, -0.05) is 74.5 Å². The van der Waals surface area contributed by atoms with Crippen molar-refractivity contribution >= 4 is 11.8 Å². The van der Waals surface area contributed by atoms with E-state index in [9.17, 15) is 9.59 Å². The predicted molar refractivity (Wildman–Crippen MR) is 112 cm³/mol. The van der Waals surface area contributed by atoms with Crippen LogP contribution in [0.2, 0.25) is 0 Å². The SMILES string of the molecule is CC(C)C(CC(=O)N1CCC[C@H]1C(=O)NCc1ccccc1)c1ccccc1. The number of hydrogen-bond donors (Lipinski definition) is 1. The first kappa shape index (κ1) is 20.1. The van der Waals surface area contributed by atoms with Crippen molar-refractivity contribution in [3.05, 3.63) is 71.8 Å². The number of likely N-dealkylation sites (tertiary alicyclic amines) is 1. The minimum Gasteiger partial charge on any atom is -0.350 e. The van der Waals surface area contributed by atoms with E-state index >= 15 is 0 Å². The largest absolute Gasteiger partial charge is 0.350 e. The fraction of sp³-hybridized carbons (Fsp3) is 0.417. The summed E-state index contributed by atoms with van der Waals surface area (Å²) in [6.07, 6.45) is 2.07. The third-order valence-corrected chi connectivity index (χ3v) is 5.61. The van der Waals surface area contributed by atoms with Gasteiger partial charge in [-0.25, -0.2) is 0 Å². The molecule has 2 aromatic rings. The lowest BCUT2D eigenvalue weighted by molar-refractivity contribution is -0.139. The first-order chi connectivity index (χ1) is 13.6. The van der Waals surface area contributed by atoms with Crippen LogP contribution in [0.1, 0.15) is 50.2 Å². The smallest absolute Gasteiger partial charge is 0.243 e. The summed E-state index contributed by atoms with van der Waals surface area (Å²) >= 11 is 0. The van der Waals surface area contributed by atoms with Gasteiger partial charge in [-0.05, 0) is 35.8 Å². The fourth-order valence-electron chi connectivity index (χ4n) is 3.98. The summed E-state index contributed by atoms with van der Waals surface area (Å²) in [5.41, 5.74) is 2.26. The first-order valence-corrected chi connectivity index (χ1v) is 10.2. The lowest BCUT2D eigenvalue weighted by Crippen LogP contribution is -2.46. The number of benzene rings is 2. The second-order valence-electron chi connectivity index (χ2n) is 7.91. The Bertz CT molecular complexity index is 774. The Hall–Kier alpha value is -2.62. The Balaban J connectivity index is 1.62. The zero-order valence-corrected chi connectivity index (χ0v) is 16.8. The molecule has 1 unspecified atom stereocenters. The molecule has 0 saturated carbocycles. The summed E-state index contributed by atoms with van der Waals surface area (Å²) in [4.78, 5) is 27.6. The Morgan fingerprint density at radius 3 is 2.32 bits per heavy atom. The lowest BCUT2D eigenvalue weighted by Gasteiger charge is -2.28. The quantitative estimate of drug-likeness (QED) is 0.788. The minimum atomic E-state index is -0.347. The summed E-state index contributed by atoms with van der Waals surface area (Å²) in [6, 6.07) is 19.7. The van der Waals surface area contributed by atoms with Crippen LogP contribution < -0.4 is 5.32 Å². The van der Waals surface area contributed by atoms with E-state index in [1.54, 1.807) is 4.90 Å². The highest BCUT2D eigenvalue weighted by atomic mass is 16.2. The molecule has 1 saturated heterocycles. The molecule has 0 radical (unpaired) electrons. The molecule has 0 aromatic heterocycles. The van der Waals surface area contributed by atoms with E-state index in [2.05, 4.69) is 31.3 Å². The highest BCUT2D eigenvalue weighted by Crippen LogP contribution is 2.30. The van der Waals surface area contributed by atoms with Crippen LogP contribution in [-0.4, -0.2) is 29.3 Å². The van der Waals surface area contributed by atoms with Crippen molar-refractivity contribution in [1.82, 2.24) is 10.2 Å². The maximum atomic E-state index is 13.1. The maximum absolute atomic E-state index is 13.1. The lowest BCUT2D eigenvalue weighted by atomic mass is 9.85. The van der Waals surface area contributed by atoms with E-state index < -0.39 is 0 Å². The minimum absolute atomic E-state index is 0.0458. The fourth-order valence-corrected chi connectivity index (χ4v) is 3.98. The van der Waals surface area contributed by atoms with E-state index in [0.29, 0.717) is 25.4 Å². The highest BCUT2D eigenvalue weighted by molar-refractivity contribution is 5.88. The normalized spacial score (nSPS) is 17.5. The molecule has 1 fully saturated rings. The van der Waals surface area contributed by atoms with Gasteiger partial charge in [0.05, 0.1) is 0 Å². The molecule has 1 aliphatic heterocycles. The highest BCUT2D eigenvalue weighted by Gasteiger charge is 2.35. The van der Waals surface area contributed by atoms with Crippen LogP contribution in [-0.2, 0) is 16.1 Å². The Morgan fingerprint density at radius 2 is 1.68 bits per heavy atom. The van der Waals surface area contributed by atoms with Crippen molar-refractivity contribution in [2.75, 3.05) is 6.54 Å². The summed E-state index contributed by atoms with van der Waals surface area (Å²) in [6.45, 7) is 5.47. The third kappa shape index (κ3) is 5.00. The number of carbonyl (C=O) groups excluding carboxylic acids is 2.